The van der Waals surface area contributed by atoms with Gasteiger partial charge in [-0.05, 0) is 25.1 Å². The lowest BCUT2D eigenvalue weighted by Gasteiger charge is -2.26. The maximum Gasteiger partial charge on any atom is 0.224 e. The van der Waals surface area contributed by atoms with E-state index in [1.807, 2.05) is 4.90 Å². The third-order valence-corrected chi connectivity index (χ3v) is 3.16. The lowest BCUT2D eigenvalue weighted by atomic mass is 10.3. The zero-order valence-electron chi connectivity index (χ0n) is 9.91. The van der Waals surface area contributed by atoms with Crippen molar-refractivity contribution in [2.75, 3.05) is 32.8 Å². The van der Waals surface area contributed by atoms with Crippen molar-refractivity contribution in [3.8, 4) is 0 Å². The van der Waals surface area contributed by atoms with Crippen LogP contribution in [0.4, 0.5) is 0 Å². The molecule has 17 heavy (non-hydrogen) atoms. The Kier molecular flexibility index (Phi) is 4.56. The summed E-state index contributed by atoms with van der Waals surface area (Å²) in [5.74, 6) is 0.176. The first-order chi connectivity index (χ1) is 8.25. The average molecular weight is 257 g/mol. The molecule has 2 N–H and O–H groups in total. The van der Waals surface area contributed by atoms with E-state index >= 15 is 0 Å². The summed E-state index contributed by atoms with van der Waals surface area (Å²) in [5.41, 5.74) is 0. The molecule has 0 unspecified atom stereocenters. The van der Waals surface area contributed by atoms with E-state index in [1.165, 1.54) is 12.8 Å². The number of hydrogen-bond donors (Lipinski definition) is 2. The Morgan fingerprint density at radius 3 is 2.71 bits per heavy atom. The Morgan fingerprint density at radius 1 is 1.35 bits per heavy atom. The van der Waals surface area contributed by atoms with E-state index < -0.39 is 0 Å². The predicted octanol–water partition coefficient (Wildman–Crippen LogP) is -0.138. The van der Waals surface area contributed by atoms with Crippen LogP contribution >= 0.6 is 12.2 Å². The van der Waals surface area contributed by atoms with Gasteiger partial charge in [0.2, 0.25) is 5.91 Å². The highest BCUT2D eigenvalue weighted by atomic mass is 32.1. The minimum atomic E-state index is 0.176. The average Bonchev–Trinajstić information content (AvgIpc) is 3.14. The van der Waals surface area contributed by atoms with E-state index in [0.29, 0.717) is 50.4 Å². The molecule has 1 saturated heterocycles. The number of hydrogen-bond acceptors (Lipinski definition) is 3. The van der Waals surface area contributed by atoms with Gasteiger partial charge in [0.1, 0.15) is 0 Å². The van der Waals surface area contributed by atoms with Gasteiger partial charge in [-0.1, -0.05) is 0 Å². The van der Waals surface area contributed by atoms with Crippen LogP contribution in [-0.2, 0) is 9.53 Å². The predicted molar refractivity (Wildman–Crippen MR) is 68.8 cm³/mol. The largest absolute Gasteiger partial charge is 0.378 e. The third-order valence-electron chi connectivity index (χ3n) is 2.90. The molecule has 6 heteroatoms. The molecule has 0 aromatic heterocycles. The molecule has 2 fully saturated rings. The molecular formula is C11H19N3O2S. The highest BCUT2D eigenvalue weighted by molar-refractivity contribution is 7.80. The summed E-state index contributed by atoms with van der Waals surface area (Å²) < 4.78 is 5.20. The number of ether oxygens (including phenoxy) is 1. The van der Waals surface area contributed by atoms with Gasteiger partial charge in [-0.3, -0.25) is 4.79 Å². The van der Waals surface area contributed by atoms with Crippen LogP contribution in [0.2, 0.25) is 0 Å². The summed E-state index contributed by atoms with van der Waals surface area (Å²) in [6.45, 7) is 3.34. The molecule has 0 radical (unpaired) electrons. The molecule has 0 aromatic carbocycles. The van der Waals surface area contributed by atoms with Crippen LogP contribution < -0.4 is 10.6 Å². The van der Waals surface area contributed by atoms with Crippen molar-refractivity contribution in [1.29, 1.82) is 0 Å². The summed E-state index contributed by atoms with van der Waals surface area (Å²) in [7, 11) is 0. The number of carbonyl (C=O) groups excluding carboxylic acids is 1. The molecule has 2 rings (SSSR count). The van der Waals surface area contributed by atoms with Crippen LogP contribution in [0, 0.1) is 0 Å². The van der Waals surface area contributed by atoms with Crippen molar-refractivity contribution in [1.82, 2.24) is 15.5 Å². The molecule has 1 aliphatic carbocycles. The number of nitrogens with one attached hydrogen (secondary N) is 2. The van der Waals surface area contributed by atoms with Gasteiger partial charge in [0, 0.05) is 32.1 Å². The van der Waals surface area contributed by atoms with E-state index in [9.17, 15) is 4.79 Å². The Labute approximate surface area is 107 Å². The summed E-state index contributed by atoms with van der Waals surface area (Å²) in [4.78, 5) is 13.6. The van der Waals surface area contributed by atoms with Crippen LogP contribution in [0.15, 0.2) is 0 Å². The zero-order valence-corrected chi connectivity index (χ0v) is 10.7. The van der Waals surface area contributed by atoms with Crippen molar-refractivity contribution in [2.24, 2.45) is 0 Å². The van der Waals surface area contributed by atoms with Gasteiger partial charge in [-0.15, -0.1) is 0 Å². The van der Waals surface area contributed by atoms with Gasteiger partial charge >= 0.3 is 0 Å². The van der Waals surface area contributed by atoms with Crippen molar-refractivity contribution < 1.29 is 9.53 Å². The van der Waals surface area contributed by atoms with Crippen molar-refractivity contribution >= 4 is 23.2 Å². The monoisotopic (exact) mass is 257 g/mol. The van der Waals surface area contributed by atoms with E-state index in [4.69, 9.17) is 17.0 Å². The van der Waals surface area contributed by atoms with E-state index in [-0.39, 0.29) is 5.91 Å². The molecule has 1 saturated carbocycles. The summed E-state index contributed by atoms with van der Waals surface area (Å²) in [6.07, 6.45) is 2.90. The van der Waals surface area contributed by atoms with Crippen molar-refractivity contribution in [3.05, 3.63) is 0 Å². The molecule has 0 bridgehead atoms. The second kappa shape index (κ2) is 6.16. The van der Waals surface area contributed by atoms with Gasteiger partial charge in [0.15, 0.2) is 5.11 Å². The van der Waals surface area contributed by atoms with Crippen molar-refractivity contribution in [3.63, 3.8) is 0 Å². The highest BCUT2D eigenvalue weighted by Gasteiger charge is 2.21. The van der Waals surface area contributed by atoms with Gasteiger partial charge < -0.3 is 20.3 Å². The van der Waals surface area contributed by atoms with Crippen LogP contribution in [-0.4, -0.2) is 54.8 Å². The summed E-state index contributed by atoms with van der Waals surface area (Å²) in [5, 5.41) is 6.92. The summed E-state index contributed by atoms with van der Waals surface area (Å²) in [6, 6.07) is 0.560. The van der Waals surface area contributed by atoms with E-state index in [1.54, 1.807) is 0 Å². The van der Waals surface area contributed by atoms with Crippen molar-refractivity contribution in [2.45, 2.75) is 25.3 Å². The number of thiocarbonyl (C=S) groups is 1. The zero-order chi connectivity index (χ0) is 12.1. The maximum absolute atomic E-state index is 11.8. The second-order valence-electron chi connectivity index (χ2n) is 4.42. The Hall–Kier alpha value is -0.880. The molecule has 5 nitrogen and oxygen atoms in total. The first-order valence-electron chi connectivity index (χ1n) is 6.15. The summed E-state index contributed by atoms with van der Waals surface area (Å²) >= 11 is 5.11. The van der Waals surface area contributed by atoms with Gasteiger partial charge in [0.25, 0.3) is 0 Å². The standard InChI is InChI=1S/C11H19N3O2S/c15-10(14-5-7-16-8-6-14)3-4-12-11(17)13-9-1-2-9/h9H,1-8H2,(H2,12,13,17). The molecule has 0 spiro atoms. The fourth-order valence-corrected chi connectivity index (χ4v) is 1.99. The molecule has 0 atom stereocenters. The van der Waals surface area contributed by atoms with Gasteiger partial charge in [0.05, 0.1) is 13.2 Å². The molecule has 2 aliphatic rings. The quantitative estimate of drug-likeness (QED) is 0.687. The Bertz CT molecular complexity index is 288. The van der Waals surface area contributed by atoms with Gasteiger partial charge in [-0.2, -0.15) is 0 Å². The number of carbonyl (C=O) groups is 1. The number of rotatable bonds is 4. The van der Waals surface area contributed by atoms with Crippen LogP contribution in [0.25, 0.3) is 0 Å². The molecule has 0 aromatic rings. The highest BCUT2D eigenvalue weighted by Crippen LogP contribution is 2.18. The number of morpholine rings is 1. The molecule has 96 valence electrons. The first-order valence-corrected chi connectivity index (χ1v) is 6.56. The maximum atomic E-state index is 11.8. The fraction of sp³-hybridized carbons (Fsp3) is 0.818. The van der Waals surface area contributed by atoms with Crippen LogP contribution in [0.5, 0.6) is 0 Å². The topological polar surface area (TPSA) is 53.6 Å². The van der Waals surface area contributed by atoms with Crippen LogP contribution in [0.1, 0.15) is 19.3 Å². The van der Waals surface area contributed by atoms with E-state index in [0.717, 1.165) is 0 Å². The number of amides is 1. The minimum Gasteiger partial charge on any atom is -0.378 e. The fourth-order valence-electron chi connectivity index (χ4n) is 1.72. The first kappa shape index (κ1) is 12.6. The Morgan fingerprint density at radius 2 is 2.06 bits per heavy atom. The lowest BCUT2D eigenvalue weighted by molar-refractivity contribution is -0.135. The lowest BCUT2D eigenvalue weighted by Crippen LogP contribution is -2.43. The second-order valence-corrected chi connectivity index (χ2v) is 4.83. The third kappa shape index (κ3) is 4.47. The normalized spacial score (nSPS) is 19.9. The smallest absolute Gasteiger partial charge is 0.224 e. The molecular weight excluding hydrogens is 238 g/mol. The molecule has 1 heterocycles. The molecule has 1 aliphatic heterocycles. The number of nitrogens with zero attached hydrogens (tertiary/aromatic N) is 1. The Balaban J connectivity index is 1.56. The van der Waals surface area contributed by atoms with Crippen LogP contribution in [0.3, 0.4) is 0 Å². The molecule has 1 amide bonds. The SMILES string of the molecule is O=C(CCNC(=S)NC1CC1)N1CCOCC1. The minimum absolute atomic E-state index is 0.176. The van der Waals surface area contributed by atoms with E-state index in [2.05, 4.69) is 10.6 Å². The van der Waals surface area contributed by atoms with Gasteiger partial charge in [-0.25, -0.2) is 0 Å².